The molecule has 3 aliphatic rings. The summed E-state index contributed by atoms with van der Waals surface area (Å²) in [5.41, 5.74) is 21.3. The lowest BCUT2D eigenvalue weighted by Gasteiger charge is -2.40. The Morgan fingerprint density at radius 2 is 0.812 bits per heavy atom. The van der Waals surface area contributed by atoms with Crippen molar-refractivity contribution in [1.29, 1.82) is 0 Å². The standard InChI is InChI=1S/C62H49NO/c1-60(2)52-25-15-13-22-50(52)57-53(60)37-38-55-59(57)64-58-47(23-16-26-54(58)62(55,5)43-19-10-7-11-20-43)42-29-33-45(34-30-42)63(44-31-27-41(28-32-44)40-17-8-6-9-18-40)46-35-36-49-48-21-12-14-24-51(48)61(3,4)56(49)39-46/h6-39H,1-5H3. The Balaban J connectivity index is 0.998. The lowest BCUT2D eigenvalue weighted by atomic mass is 9.67. The fourth-order valence-electron chi connectivity index (χ4n) is 11.4. The van der Waals surface area contributed by atoms with E-state index in [-0.39, 0.29) is 10.8 Å². The first-order chi connectivity index (χ1) is 31.1. The zero-order valence-electron chi connectivity index (χ0n) is 37.0. The zero-order valence-corrected chi connectivity index (χ0v) is 37.0. The number of anilines is 3. The van der Waals surface area contributed by atoms with Crippen LogP contribution in [0.5, 0.6) is 11.5 Å². The van der Waals surface area contributed by atoms with Gasteiger partial charge >= 0.3 is 0 Å². The largest absolute Gasteiger partial charge is 0.455 e. The molecule has 1 heterocycles. The lowest BCUT2D eigenvalue weighted by molar-refractivity contribution is 0.429. The Labute approximate surface area is 377 Å². The van der Waals surface area contributed by atoms with Gasteiger partial charge in [-0.1, -0.05) is 198 Å². The predicted octanol–water partition coefficient (Wildman–Crippen LogP) is 16.6. The van der Waals surface area contributed by atoms with Crippen LogP contribution in [0.4, 0.5) is 17.1 Å². The fraction of sp³-hybridized carbons (Fsp3) is 0.129. The molecule has 1 aliphatic heterocycles. The van der Waals surface area contributed by atoms with Gasteiger partial charge < -0.3 is 9.64 Å². The van der Waals surface area contributed by atoms with Crippen molar-refractivity contribution in [3.05, 3.63) is 245 Å². The summed E-state index contributed by atoms with van der Waals surface area (Å²) < 4.78 is 7.42. The summed E-state index contributed by atoms with van der Waals surface area (Å²) in [5, 5.41) is 0. The van der Waals surface area contributed by atoms with Gasteiger partial charge in [0.25, 0.3) is 0 Å². The number of para-hydroxylation sites is 1. The van der Waals surface area contributed by atoms with E-state index in [0.29, 0.717) is 0 Å². The van der Waals surface area contributed by atoms with Gasteiger partial charge in [-0.25, -0.2) is 0 Å². The molecule has 2 nitrogen and oxygen atoms in total. The zero-order chi connectivity index (χ0) is 43.4. The van der Waals surface area contributed by atoms with Crippen molar-refractivity contribution in [2.45, 2.75) is 50.9 Å². The molecule has 1 unspecified atom stereocenters. The van der Waals surface area contributed by atoms with Crippen molar-refractivity contribution in [1.82, 2.24) is 0 Å². The maximum atomic E-state index is 7.42. The number of nitrogens with zero attached hydrogens (tertiary/aromatic N) is 1. The second-order valence-electron chi connectivity index (χ2n) is 19.0. The Morgan fingerprint density at radius 3 is 1.52 bits per heavy atom. The van der Waals surface area contributed by atoms with Crippen LogP contribution in [0.3, 0.4) is 0 Å². The van der Waals surface area contributed by atoms with E-state index in [9.17, 15) is 0 Å². The van der Waals surface area contributed by atoms with E-state index in [4.69, 9.17) is 4.74 Å². The van der Waals surface area contributed by atoms with Crippen LogP contribution >= 0.6 is 0 Å². The molecule has 2 heteroatoms. The summed E-state index contributed by atoms with van der Waals surface area (Å²) in [6.45, 7) is 11.8. The first-order valence-electron chi connectivity index (χ1n) is 22.6. The van der Waals surface area contributed by atoms with Crippen LogP contribution in [0, 0.1) is 0 Å². The van der Waals surface area contributed by atoms with Crippen molar-refractivity contribution < 1.29 is 4.74 Å². The molecule has 12 rings (SSSR count). The lowest BCUT2D eigenvalue weighted by Crippen LogP contribution is -2.30. The van der Waals surface area contributed by atoms with Gasteiger partial charge in [-0.2, -0.15) is 0 Å². The van der Waals surface area contributed by atoms with Gasteiger partial charge in [-0.05, 0) is 105 Å². The van der Waals surface area contributed by atoms with Crippen LogP contribution in [0.15, 0.2) is 206 Å². The molecule has 1 atom stereocenters. The van der Waals surface area contributed by atoms with Crippen LogP contribution in [0.25, 0.3) is 44.5 Å². The number of hydrogen-bond donors (Lipinski definition) is 0. The third-order valence-corrected chi connectivity index (χ3v) is 14.8. The van der Waals surface area contributed by atoms with Crippen LogP contribution in [-0.4, -0.2) is 0 Å². The Kier molecular flexibility index (Phi) is 8.40. The van der Waals surface area contributed by atoms with Gasteiger partial charge in [-0.15, -0.1) is 0 Å². The molecule has 308 valence electrons. The van der Waals surface area contributed by atoms with Crippen LogP contribution < -0.4 is 9.64 Å². The molecule has 0 N–H and O–H groups in total. The maximum absolute atomic E-state index is 7.42. The van der Waals surface area contributed by atoms with Gasteiger partial charge in [0, 0.05) is 55.6 Å². The summed E-state index contributed by atoms with van der Waals surface area (Å²) in [6, 6.07) is 75.8. The van der Waals surface area contributed by atoms with Crippen LogP contribution in [0.1, 0.15) is 73.6 Å². The molecule has 0 saturated heterocycles. The van der Waals surface area contributed by atoms with E-state index in [0.717, 1.165) is 39.7 Å². The molecule has 0 saturated carbocycles. The highest BCUT2D eigenvalue weighted by Gasteiger charge is 2.46. The highest BCUT2D eigenvalue weighted by molar-refractivity contribution is 5.90. The summed E-state index contributed by atoms with van der Waals surface area (Å²) >= 11 is 0. The molecule has 2 aliphatic carbocycles. The molecule has 64 heavy (non-hydrogen) atoms. The average Bonchev–Trinajstić information content (AvgIpc) is 3.72. The van der Waals surface area contributed by atoms with Crippen molar-refractivity contribution in [3.8, 4) is 56.0 Å². The van der Waals surface area contributed by atoms with E-state index >= 15 is 0 Å². The van der Waals surface area contributed by atoms with Gasteiger partial charge in [0.05, 0.1) is 0 Å². The Hall–Kier alpha value is -7.42. The van der Waals surface area contributed by atoms with Gasteiger partial charge in [-0.3, -0.25) is 0 Å². The van der Waals surface area contributed by atoms with E-state index in [2.05, 4.69) is 246 Å². The molecular formula is C62H49NO. The minimum atomic E-state index is -0.458. The number of rotatable bonds is 6. The van der Waals surface area contributed by atoms with Crippen molar-refractivity contribution in [3.63, 3.8) is 0 Å². The first kappa shape index (κ1) is 38.3. The highest BCUT2D eigenvalue weighted by atomic mass is 16.5. The number of ether oxygens (including phenoxy) is 1. The minimum Gasteiger partial charge on any atom is -0.455 e. The Bertz CT molecular complexity index is 3290. The number of fused-ring (bicyclic) bond motifs is 9. The highest BCUT2D eigenvalue weighted by Crippen LogP contribution is 2.61. The van der Waals surface area contributed by atoms with Gasteiger partial charge in [0.15, 0.2) is 0 Å². The number of hydrogen-bond acceptors (Lipinski definition) is 2. The molecule has 0 aromatic heterocycles. The third-order valence-electron chi connectivity index (χ3n) is 14.8. The van der Waals surface area contributed by atoms with Gasteiger partial charge in [0.2, 0.25) is 0 Å². The van der Waals surface area contributed by atoms with Crippen molar-refractivity contribution in [2.24, 2.45) is 0 Å². The quantitative estimate of drug-likeness (QED) is 0.166. The van der Waals surface area contributed by atoms with Crippen LogP contribution in [0.2, 0.25) is 0 Å². The SMILES string of the molecule is CC1(C)c2ccccc2-c2ccc(N(c3ccc(-c4ccccc4)cc3)c3ccc(-c4cccc5c4Oc4c(ccc6c4-c4ccccc4C6(C)C)C5(C)c4ccccc4)cc3)cc21. The molecule has 0 fully saturated rings. The van der Waals surface area contributed by atoms with Crippen molar-refractivity contribution >= 4 is 17.1 Å². The average molecular weight is 824 g/mol. The molecule has 0 amide bonds. The van der Waals surface area contributed by atoms with Gasteiger partial charge in [0.1, 0.15) is 11.5 Å². The van der Waals surface area contributed by atoms with E-state index in [1.54, 1.807) is 0 Å². The monoisotopic (exact) mass is 823 g/mol. The second-order valence-corrected chi connectivity index (χ2v) is 19.0. The molecule has 0 spiro atoms. The van der Waals surface area contributed by atoms with E-state index in [1.807, 2.05) is 0 Å². The smallest absolute Gasteiger partial charge is 0.140 e. The minimum absolute atomic E-state index is 0.119. The van der Waals surface area contributed by atoms with Crippen molar-refractivity contribution in [2.75, 3.05) is 4.90 Å². The topological polar surface area (TPSA) is 12.5 Å². The summed E-state index contributed by atoms with van der Waals surface area (Å²) in [6.07, 6.45) is 0. The molecule has 9 aromatic carbocycles. The number of benzene rings is 9. The van der Waals surface area contributed by atoms with E-state index in [1.165, 1.54) is 72.3 Å². The third kappa shape index (κ3) is 5.51. The summed E-state index contributed by atoms with van der Waals surface area (Å²) in [4.78, 5) is 2.40. The maximum Gasteiger partial charge on any atom is 0.140 e. The summed E-state index contributed by atoms with van der Waals surface area (Å²) in [7, 11) is 0. The predicted molar refractivity (Wildman–Crippen MR) is 266 cm³/mol. The first-order valence-corrected chi connectivity index (χ1v) is 22.6. The van der Waals surface area contributed by atoms with Crippen LogP contribution in [-0.2, 0) is 16.2 Å². The normalized spacial score (nSPS) is 16.6. The summed E-state index contributed by atoms with van der Waals surface area (Å²) in [5.74, 6) is 1.88. The molecule has 0 radical (unpaired) electrons. The molecular weight excluding hydrogens is 775 g/mol. The fourth-order valence-corrected chi connectivity index (χ4v) is 11.4. The molecule has 9 aromatic rings. The Morgan fingerprint density at radius 1 is 0.328 bits per heavy atom. The molecule has 0 bridgehead atoms. The second kappa shape index (κ2) is 14.0. The van der Waals surface area contributed by atoms with E-state index < -0.39 is 5.41 Å².